The van der Waals surface area contributed by atoms with Gasteiger partial charge in [0.1, 0.15) is 0 Å². The summed E-state index contributed by atoms with van der Waals surface area (Å²) in [6, 6.07) is 5.55. The van der Waals surface area contributed by atoms with Gasteiger partial charge in [0.15, 0.2) is 0 Å². The number of rotatable bonds is 4. The highest BCUT2D eigenvalue weighted by Crippen LogP contribution is 2.28. The summed E-state index contributed by atoms with van der Waals surface area (Å²) in [5.74, 6) is 0. The van der Waals surface area contributed by atoms with Crippen molar-refractivity contribution in [2.45, 2.75) is 25.8 Å². The van der Waals surface area contributed by atoms with Gasteiger partial charge in [0, 0.05) is 30.9 Å². The first-order valence-corrected chi connectivity index (χ1v) is 7.32. The van der Waals surface area contributed by atoms with Crippen LogP contribution in [0.25, 0.3) is 0 Å². The van der Waals surface area contributed by atoms with Gasteiger partial charge in [0.25, 0.3) is 5.69 Å². The van der Waals surface area contributed by atoms with Crippen LogP contribution in [-0.2, 0) is 0 Å². The van der Waals surface area contributed by atoms with Gasteiger partial charge in [-0.2, -0.15) is 0 Å². The van der Waals surface area contributed by atoms with Crippen LogP contribution in [0.5, 0.6) is 0 Å². The van der Waals surface area contributed by atoms with Gasteiger partial charge >= 0.3 is 0 Å². The maximum Gasteiger partial charge on any atom is 0.283 e. The summed E-state index contributed by atoms with van der Waals surface area (Å²) < 4.78 is 0.522. The van der Waals surface area contributed by atoms with E-state index in [1.807, 2.05) is 0 Å². The van der Waals surface area contributed by atoms with Crippen molar-refractivity contribution in [3.8, 4) is 0 Å². The summed E-state index contributed by atoms with van der Waals surface area (Å²) in [4.78, 5) is 12.8. The standard InChI is InChI=1S/C13H18BrN3O2/c1-2-16-7-5-10(6-8-16)15-11-3-4-13(17(18)19)12(14)9-11/h3-4,9-10,15H,2,5-8H2,1H3. The van der Waals surface area contributed by atoms with Crippen molar-refractivity contribution in [1.29, 1.82) is 0 Å². The van der Waals surface area contributed by atoms with E-state index in [1.54, 1.807) is 12.1 Å². The number of nitrogens with zero attached hydrogens (tertiary/aromatic N) is 2. The molecule has 0 radical (unpaired) electrons. The number of hydrogen-bond donors (Lipinski definition) is 1. The number of likely N-dealkylation sites (tertiary alicyclic amines) is 1. The average molecular weight is 328 g/mol. The molecule has 0 aliphatic carbocycles. The number of piperidine rings is 1. The number of hydrogen-bond acceptors (Lipinski definition) is 4. The zero-order valence-electron chi connectivity index (χ0n) is 10.9. The molecule has 0 spiro atoms. The molecule has 0 aromatic heterocycles. The predicted octanol–water partition coefficient (Wildman–Crippen LogP) is 3.25. The third-order valence-electron chi connectivity index (χ3n) is 3.55. The van der Waals surface area contributed by atoms with Crippen molar-refractivity contribution in [2.75, 3.05) is 25.0 Å². The van der Waals surface area contributed by atoms with Crippen molar-refractivity contribution in [3.05, 3.63) is 32.8 Å². The molecule has 1 aliphatic rings. The Balaban J connectivity index is 1.97. The molecule has 1 saturated heterocycles. The fourth-order valence-electron chi connectivity index (χ4n) is 2.37. The minimum absolute atomic E-state index is 0.103. The minimum atomic E-state index is -0.381. The smallest absolute Gasteiger partial charge is 0.283 e. The van der Waals surface area contributed by atoms with Crippen LogP contribution in [0.4, 0.5) is 11.4 Å². The second-order valence-electron chi connectivity index (χ2n) is 4.78. The molecule has 0 unspecified atom stereocenters. The van der Waals surface area contributed by atoms with Crippen LogP contribution in [0.15, 0.2) is 22.7 Å². The summed E-state index contributed by atoms with van der Waals surface area (Å²) in [6.07, 6.45) is 2.23. The molecule has 0 amide bonds. The molecule has 104 valence electrons. The lowest BCUT2D eigenvalue weighted by atomic mass is 10.0. The Bertz CT molecular complexity index is 459. The molecule has 6 heteroatoms. The summed E-state index contributed by atoms with van der Waals surface area (Å²) in [6.45, 7) is 5.52. The van der Waals surface area contributed by atoms with Crippen LogP contribution in [0, 0.1) is 10.1 Å². The first-order valence-electron chi connectivity index (χ1n) is 6.53. The molecule has 0 bridgehead atoms. The Kier molecular flexibility index (Phi) is 4.76. The first kappa shape index (κ1) is 14.3. The van der Waals surface area contributed by atoms with E-state index >= 15 is 0 Å². The topological polar surface area (TPSA) is 58.4 Å². The summed E-state index contributed by atoms with van der Waals surface area (Å²) in [7, 11) is 0. The quantitative estimate of drug-likeness (QED) is 0.681. The predicted molar refractivity (Wildman–Crippen MR) is 79.6 cm³/mol. The Morgan fingerprint density at radius 1 is 1.47 bits per heavy atom. The third-order valence-corrected chi connectivity index (χ3v) is 4.19. The summed E-state index contributed by atoms with van der Waals surface area (Å²) in [5.41, 5.74) is 1.04. The second kappa shape index (κ2) is 6.34. The first-order chi connectivity index (χ1) is 9.10. The molecule has 0 saturated carbocycles. The zero-order chi connectivity index (χ0) is 13.8. The highest BCUT2D eigenvalue weighted by molar-refractivity contribution is 9.10. The van der Waals surface area contributed by atoms with Gasteiger partial charge in [-0.3, -0.25) is 10.1 Å². The van der Waals surface area contributed by atoms with Crippen molar-refractivity contribution >= 4 is 27.3 Å². The Morgan fingerprint density at radius 2 is 2.16 bits per heavy atom. The number of nitrogens with one attached hydrogen (secondary N) is 1. The average Bonchev–Trinajstić information content (AvgIpc) is 2.39. The van der Waals surface area contributed by atoms with Crippen LogP contribution >= 0.6 is 15.9 Å². The number of benzene rings is 1. The van der Waals surface area contributed by atoms with E-state index in [1.165, 1.54) is 6.07 Å². The van der Waals surface area contributed by atoms with Gasteiger partial charge in [0.05, 0.1) is 9.40 Å². The molecule has 1 aliphatic heterocycles. The lowest BCUT2D eigenvalue weighted by molar-refractivity contribution is -0.385. The summed E-state index contributed by atoms with van der Waals surface area (Å²) in [5, 5.41) is 14.2. The monoisotopic (exact) mass is 327 g/mol. The fourth-order valence-corrected chi connectivity index (χ4v) is 2.90. The lowest BCUT2D eigenvalue weighted by Crippen LogP contribution is -2.38. The largest absolute Gasteiger partial charge is 0.382 e. The highest BCUT2D eigenvalue weighted by Gasteiger charge is 2.18. The molecular formula is C13H18BrN3O2. The van der Waals surface area contributed by atoms with Gasteiger partial charge in [0.2, 0.25) is 0 Å². The van der Waals surface area contributed by atoms with Crippen molar-refractivity contribution in [2.24, 2.45) is 0 Å². The molecule has 1 aromatic carbocycles. The van der Waals surface area contributed by atoms with Crippen molar-refractivity contribution in [3.63, 3.8) is 0 Å². The SMILES string of the molecule is CCN1CCC(Nc2ccc([N+](=O)[O-])c(Br)c2)CC1. The van der Waals surface area contributed by atoms with Crippen LogP contribution < -0.4 is 5.32 Å². The third kappa shape index (κ3) is 3.67. The normalized spacial score (nSPS) is 17.4. The molecule has 1 heterocycles. The Labute approximate surface area is 121 Å². The molecule has 19 heavy (non-hydrogen) atoms. The van der Waals surface area contributed by atoms with E-state index in [4.69, 9.17) is 0 Å². The van der Waals surface area contributed by atoms with Gasteiger partial charge < -0.3 is 10.2 Å². The van der Waals surface area contributed by atoms with Crippen LogP contribution in [0.3, 0.4) is 0 Å². The fraction of sp³-hybridized carbons (Fsp3) is 0.538. The van der Waals surface area contributed by atoms with Gasteiger partial charge in [-0.25, -0.2) is 0 Å². The zero-order valence-corrected chi connectivity index (χ0v) is 12.5. The Hall–Kier alpha value is -1.14. The molecule has 5 nitrogen and oxygen atoms in total. The molecule has 0 atom stereocenters. The summed E-state index contributed by atoms with van der Waals surface area (Å²) >= 11 is 3.24. The lowest BCUT2D eigenvalue weighted by Gasteiger charge is -2.32. The van der Waals surface area contributed by atoms with Crippen LogP contribution in [0.2, 0.25) is 0 Å². The maximum absolute atomic E-state index is 10.7. The van der Waals surface area contributed by atoms with Gasteiger partial charge in [-0.05, 0) is 47.4 Å². The number of anilines is 1. The van der Waals surface area contributed by atoms with E-state index in [-0.39, 0.29) is 10.6 Å². The van der Waals surface area contributed by atoms with Crippen LogP contribution in [0.1, 0.15) is 19.8 Å². The second-order valence-corrected chi connectivity index (χ2v) is 5.63. The van der Waals surface area contributed by atoms with E-state index in [0.29, 0.717) is 10.5 Å². The van der Waals surface area contributed by atoms with Gasteiger partial charge in [-0.15, -0.1) is 0 Å². The molecule has 1 aromatic rings. The number of nitro groups is 1. The van der Waals surface area contributed by atoms with E-state index < -0.39 is 0 Å². The highest BCUT2D eigenvalue weighted by atomic mass is 79.9. The molecule has 1 N–H and O–H groups in total. The van der Waals surface area contributed by atoms with Crippen molar-refractivity contribution < 1.29 is 4.92 Å². The number of nitro benzene ring substituents is 1. The van der Waals surface area contributed by atoms with E-state index in [2.05, 4.69) is 33.1 Å². The molecule has 2 rings (SSSR count). The molecular weight excluding hydrogens is 310 g/mol. The van der Waals surface area contributed by atoms with Gasteiger partial charge in [-0.1, -0.05) is 6.92 Å². The molecule has 1 fully saturated rings. The minimum Gasteiger partial charge on any atom is -0.382 e. The van der Waals surface area contributed by atoms with E-state index in [9.17, 15) is 10.1 Å². The van der Waals surface area contributed by atoms with Crippen molar-refractivity contribution in [1.82, 2.24) is 4.90 Å². The van der Waals surface area contributed by atoms with E-state index in [0.717, 1.165) is 38.2 Å². The number of halogens is 1. The Morgan fingerprint density at radius 3 is 2.68 bits per heavy atom. The van der Waals surface area contributed by atoms with Crippen LogP contribution in [-0.4, -0.2) is 35.5 Å². The maximum atomic E-state index is 10.7.